The number of nitro groups is 1. The maximum atomic E-state index is 12.3. The number of aromatic nitrogens is 1. The van der Waals surface area contributed by atoms with E-state index in [9.17, 15) is 29.9 Å². The molecule has 0 radical (unpaired) electrons. The third kappa shape index (κ3) is 3.67. The van der Waals surface area contributed by atoms with Crippen LogP contribution in [0.25, 0.3) is 16.5 Å². The minimum Gasteiger partial charge on any atom is -0.494 e. The second-order valence-corrected chi connectivity index (χ2v) is 6.69. The Bertz CT molecular complexity index is 1370. The smallest absolute Gasteiger partial charge is 0.295 e. The van der Waals surface area contributed by atoms with E-state index in [0.29, 0.717) is 16.5 Å². The predicted octanol–water partition coefficient (Wildman–Crippen LogP) is 4.38. The summed E-state index contributed by atoms with van der Waals surface area (Å²) in [5.41, 5.74) is 0.159. The maximum Gasteiger partial charge on any atom is 0.295 e. The number of aromatic hydroxyl groups is 2. The molecule has 0 saturated heterocycles. The molecule has 158 valence electrons. The van der Waals surface area contributed by atoms with E-state index in [1.54, 1.807) is 24.3 Å². The molecule has 0 aliphatic rings. The lowest BCUT2D eigenvalue weighted by molar-refractivity contribution is -0.384. The number of nitro benzene ring substituents is 1. The first-order valence-electron chi connectivity index (χ1n) is 9.23. The summed E-state index contributed by atoms with van der Waals surface area (Å²) in [7, 11) is 0. The van der Waals surface area contributed by atoms with Gasteiger partial charge in [0.15, 0.2) is 0 Å². The fourth-order valence-electron chi connectivity index (χ4n) is 3.17. The Balaban J connectivity index is 1.55. The zero-order chi connectivity index (χ0) is 22.8. The number of fused-ring (bicyclic) bond motifs is 1. The van der Waals surface area contributed by atoms with Crippen LogP contribution in [0.5, 0.6) is 11.8 Å². The number of carbonyl (C=O) groups excluding carboxylic acids is 2. The summed E-state index contributed by atoms with van der Waals surface area (Å²) in [6, 6.07) is 17.5. The van der Waals surface area contributed by atoms with Gasteiger partial charge in [-0.1, -0.05) is 18.2 Å². The van der Waals surface area contributed by atoms with Gasteiger partial charge >= 0.3 is 0 Å². The highest BCUT2D eigenvalue weighted by atomic mass is 16.6. The molecule has 0 atom stereocenters. The molecule has 0 saturated carbocycles. The lowest BCUT2D eigenvalue weighted by atomic mass is 10.2. The number of rotatable bonds is 4. The fourth-order valence-corrected chi connectivity index (χ4v) is 3.17. The van der Waals surface area contributed by atoms with Crippen molar-refractivity contribution in [3.05, 3.63) is 94.0 Å². The van der Waals surface area contributed by atoms with E-state index >= 15 is 0 Å². The van der Waals surface area contributed by atoms with E-state index in [2.05, 4.69) is 10.2 Å². The van der Waals surface area contributed by atoms with Crippen molar-refractivity contribution in [2.45, 2.75) is 0 Å². The van der Waals surface area contributed by atoms with Crippen molar-refractivity contribution in [1.29, 1.82) is 0 Å². The van der Waals surface area contributed by atoms with Gasteiger partial charge < -0.3 is 10.2 Å². The lowest BCUT2D eigenvalue weighted by Gasteiger charge is -2.07. The predicted molar refractivity (Wildman–Crippen MR) is 113 cm³/mol. The first-order valence-corrected chi connectivity index (χ1v) is 9.23. The molecule has 0 fully saturated rings. The number of hydrogen-bond donors (Lipinski definition) is 2. The number of hydrogen-bond acceptors (Lipinski definition) is 6. The van der Waals surface area contributed by atoms with Gasteiger partial charge in [0.25, 0.3) is 17.5 Å². The summed E-state index contributed by atoms with van der Waals surface area (Å²) in [5, 5.41) is 39.3. The molecule has 1 aromatic heterocycles. The van der Waals surface area contributed by atoms with Crippen LogP contribution in [-0.4, -0.2) is 31.5 Å². The summed E-state index contributed by atoms with van der Waals surface area (Å²) in [6.07, 6.45) is 0. The standard InChI is InChI=1S/C22H14N4O6/c27-19(23-24-20(28)14-4-3-5-16(12-14)26(31)32)13-8-10-15(11-9-13)25-21(29)17-6-1-2-7-18(17)22(25)30/h1-12,29-30H. The molecular weight excluding hydrogens is 416 g/mol. The number of carbonyl (C=O) groups is 2. The minimum absolute atomic E-state index is 0.0725. The van der Waals surface area contributed by atoms with Gasteiger partial charge in [-0.25, -0.2) is 0 Å². The molecule has 0 spiro atoms. The largest absolute Gasteiger partial charge is 0.494 e. The van der Waals surface area contributed by atoms with Crippen LogP contribution in [0.2, 0.25) is 0 Å². The van der Waals surface area contributed by atoms with Crippen molar-refractivity contribution < 1.29 is 24.7 Å². The SMILES string of the molecule is O=C(N=NC(=O)c1cccc([N+](=O)[O-])c1)c1ccc(-n2c(O)c3ccccc3c2O)cc1. The normalized spacial score (nSPS) is 11.1. The quantitative estimate of drug-likeness (QED) is 0.279. The minimum atomic E-state index is -0.896. The number of azo groups is 1. The van der Waals surface area contributed by atoms with Crippen molar-refractivity contribution >= 4 is 28.3 Å². The zero-order valence-electron chi connectivity index (χ0n) is 16.2. The van der Waals surface area contributed by atoms with E-state index in [0.717, 1.165) is 6.07 Å². The average molecular weight is 430 g/mol. The molecule has 4 aromatic rings. The Morgan fingerprint density at radius 2 is 1.34 bits per heavy atom. The highest BCUT2D eigenvalue weighted by Gasteiger charge is 2.17. The number of benzene rings is 3. The van der Waals surface area contributed by atoms with Crippen LogP contribution >= 0.6 is 0 Å². The van der Waals surface area contributed by atoms with Gasteiger partial charge in [-0.2, -0.15) is 0 Å². The maximum absolute atomic E-state index is 12.3. The van der Waals surface area contributed by atoms with Crippen LogP contribution in [0.3, 0.4) is 0 Å². The van der Waals surface area contributed by atoms with Crippen LogP contribution in [0.4, 0.5) is 5.69 Å². The molecule has 1 heterocycles. The number of nitrogens with zero attached hydrogens (tertiary/aromatic N) is 4. The van der Waals surface area contributed by atoms with Gasteiger partial charge in [-0.3, -0.25) is 24.3 Å². The summed E-state index contributed by atoms with van der Waals surface area (Å²) >= 11 is 0. The Morgan fingerprint density at radius 3 is 1.91 bits per heavy atom. The van der Waals surface area contributed by atoms with Crippen LogP contribution < -0.4 is 0 Å². The van der Waals surface area contributed by atoms with Crippen LogP contribution in [0.1, 0.15) is 20.7 Å². The molecule has 2 amide bonds. The van der Waals surface area contributed by atoms with E-state index in [4.69, 9.17) is 0 Å². The molecule has 0 unspecified atom stereocenters. The van der Waals surface area contributed by atoms with Gasteiger partial charge in [0, 0.05) is 28.5 Å². The summed E-state index contributed by atoms with van der Waals surface area (Å²) in [5.74, 6) is -2.01. The van der Waals surface area contributed by atoms with Gasteiger partial charge in [-0.15, -0.1) is 10.2 Å². The molecule has 0 aliphatic heterocycles. The fraction of sp³-hybridized carbons (Fsp3) is 0. The molecule has 0 bridgehead atoms. The Morgan fingerprint density at radius 1 is 0.781 bits per heavy atom. The molecule has 10 nitrogen and oxygen atoms in total. The molecule has 32 heavy (non-hydrogen) atoms. The third-order valence-corrected chi connectivity index (χ3v) is 4.74. The van der Waals surface area contributed by atoms with E-state index < -0.39 is 16.7 Å². The van der Waals surface area contributed by atoms with Crippen LogP contribution in [0.15, 0.2) is 83.0 Å². The van der Waals surface area contributed by atoms with Crippen molar-refractivity contribution in [1.82, 2.24) is 4.57 Å². The molecular formula is C22H14N4O6. The Kier molecular flexibility index (Phi) is 5.17. The number of amides is 2. The molecule has 10 heteroatoms. The first kappa shape index (κ1) is 20.4. The summed E-state index contributed by atoms with van der Waals surface area (Å²) in [4.78, 5) is 34.5. The average Bonchev–Trinajstić information content (AvgIpc) is 3.07. The van der Waals surface area contributed by atoms with Crippen molar-refractivity contribution in [3.8, 4) is 17.4 Å². The molecule has 4 rings (SSSR count). The third-order valence-electron chi connectivity index (χ3n) is 4.74. The monoisotopic (exact) mass is 430 g/mol. The lowest BCUT2D eigenvalue weighted by Crippen LogP contribution is -2.00. The van der Waals surface area contributed by atoms with E-state index in [1.807, 2.05) is 0 Å². The topological polar surface area (TPSA) is 147 Å². The van der Waals surface area contributed by atoms with E-state index in [1.165, 1.54) is 47.0 Å². The summed E-state index contributed by atoms with van der Waals surface area (Å²) < 4.78 is 1.23. The van der Waals surface area contributed by atoms with Crippen LogP contribution in [-0.2, 0) is 0 Å². The second-order valence-electron chi connectivity index (χ2n) is 6.69. The van der Waals surface area contributed by atoms with Gasteiger partial charge in [0.05, 0.1) is 16.2 Å². The Hall–Kier alpha value is -4.86. The molecule has 3 aromatic carbocycles. The van der Waals surface area contributed by atoms with Gasteiger partial charge in [0.1, 0.15) is 0 Å². The first-order chi connectivity index (χ1) is 15.4. The van der Waals surface area contributed by atoms with E-state index in [-0.39, 0.29) is 28.6 Å². The number of non-ortho nitro benzene ring substituents is 1. The Labute approximate surface area is 179 Å². The van der Waals surface area contributed by atoms with Crippen LogP contribution in [0, 0.1) is 10.1 Å². The van der Waals surface area contributed by atoms with Crippen molar-refractivity contribution in [2.24, 2.45) is 10.2 Å². The van der Waals surface area contributed by atoms with Gasteiger partial charge in [0.2, 0.25) is 11.8 Å². The zero-order valence-corrected chi connectivity index (χ0v) is 16.2. The molecule has 0 aliphatic carbocycles. The van der Waals surface area contributed by atoms with Gasteiger partial charge in [-0.05, 0) is 42.5 Å². The second kappa shape index (κ2) is 8.11. The molecule has 2 N–H and O–H groups in total. The highest BCUT2D eigenvalue weighted by Crippen LogP contribution is 2.38. The summed E-state index contributed by atoms with van der Waals surface area (Å²) in [6.45, 7) is 0. The highest BCUT2D eigenvalue weighted by molar-refractivity contribution is 5.99. The van der Waals surface area contributed by atoms with Crippen molar-refractivity contribution in [3.63, 3.8) is 0 Å². The van der Waals surface area contributed by atoms with Crippen molar-refractivity contribution in [2.75, 3.05) is 0 Å².